The van der Waals surface area contributed by atoms with Gasteiger partial charge in [-0.25, -0.2) is 8.78 Å². The number of H-pyrrole nitrogens is 1. The second-order valence-corrected chi connectivity index (χ2v) is 5.83. The molecule has 3 nitrogen and oxygen atoms in total. The zero-order valence-electron chi connectivity index (χ0n) is 11.5. The molecule has 7 heteroatoms. The van der Waals surface area contributed by atoms with Crippen molar-refractivity contribution in [3.8, 4) is 11.3 Å². The molecule has 0 aliphatic heterocycles. The van der Waals surface area contributed by atoms with Crippen LogP contribution in [0.25, 0.3) is 11.3 Å². The number of aromatic amines is 1. The molecule has 0 radical (unpaired) electrons. The van der Waals surface area contributed by atoms with E-state index >= 15 is 0 Å². The van der Waals surface area contributed by atoms with Crippen molar-refractivity contribution in [3.05, 3.63) is 75.4 Å². The first kappa shape index (κ1) is 15.9. The molecule has 1 heterocycles. The van der Waals surface area contributed by atoms with Gasteiger partial charge in [-0.2, -0.15) is 5.10 Å². The minimum absolute atomic E-state index is 0.0817. The molecule has 0 aliphatic rings. The second kappa shape index (κ2) is 6.28. The van der Waals surface area contributed by atoms with Crippen molar-refractivity contribution >= 4 is 23.2 Å². The number of benzene rings is 2. The van der Waals surface area contributed by atoms with Gasteiger partial charge in [-0.15, -0.1) is 0 Å². The number of rotatable bonds is 3. The molecule has 0 aliphatic carbocycles. The molecule has 1 unspecified atom stereocenters. The molecule has 0 amide bonds. The first-order chi connectivity index (χ1) is 10.9. The van der Waals surface area contributed by atoms with Gasteiger partial charge >= 0.3 is 0 Å². The van der Waals surface area contributed by atoms with E-state index in [0.717, 1.165) is 18.2 Å². The number of halogens is 4. The predicted octanol–water partition coefficient (Wildman–Crippen LogP) is 4.74. The van der Waals surface area contributed by atoms with Crippen LogP contribution in [-0.4, -0.2) is 15.3 Å². The SMILES string of the molecule is OC(c1cc(F)cc(F)c1)c1c[nH]nc1-c1cc(Cl)cc(Cl)c1. The fourth-order valence-corrected chi connectivity index (χ4v) is 2.87. The van der Waals surface area contributed by atoms with Gasteiger partial charge in [-0.3, -0.25) is 5.10 Å². The highest BCUT2D eigenvalue weighted by Crippen LogP contribution is 2.33. The summed E-state index contributed by atoms with van der Waals surface area (Å²) in [5, 5.41) is 18.0. The van der Waals surface area contributed by atoms with E-state index in [1.165, 1.54) is 6.20 Å². The number of hydrogen-bond acceptors (Lipinski definition) is 2. The highest BCUT2D eigenvalue weighted by atomic mass is 35.5. The lowest BCUT2D eigenvalue weighted by Gasteiger charge is -2.12. The van der Waals surface area contributed by atoms with Gasteiger partial charge in [0.25, 0.3) is 0 Å². The molecule has 3 rings (SSSR count). The Morgan fingerprint density at radius 2 is 1.57 bits per heavy atom. The summed E-state index contributed by atoms with van der Waals surface area (Å²) >= 11 is 11.9. The lowest BCUT2D eigenvalue weighted by atomic mass is 9.98. The summed E-state index contributed by atoms with van der Waals surface area (Å²) in [4.78, 5) is 0. The molecule has 0 saturated heterocycles. The third-order valence-electron chi connectivity index (χ3n) is 3.30. The Hall–Kier alpha value is -1.95. The van der Waals surface area contributed by atoms with Crippen LogP contribution in [0.4, 0.5) is 8.78 Å². The summed E-state index contributed by atoms with van der Waals surface area (Å²) in [6, 6.07) is 7.70. The third kappa shape index (κ3) is 3.37. The molecule has 0 spiro atoms. The van der Waals surface area contributed by atoms with Crippen LogP contribution in [-0.2, 0) is 0 Å². The Morgan fingerprint density at radius 3 is 2.17 bits per heavy atom. The van der Waals surface area contributed by atoms with E-state index in [-0.39, 0.29) is 5.56 Å². The lowest BCUT2D eigenvalue weighted by Crippen LogP contribution is -2.02. The first-order valence-corrected chi connectivity index (χ1v) is 7.34. The fraction of sp³-hybridized carbons (Fsp3) is 0.0625. The molecule has 0 fully saturated rings. The van der Waals surface area contributed by atoms with Gasteiger partial charge in [0.15, 0.2) is 0 Å². The first-order valence-electron chi connectivity index (χ1n) is 6.58. The number of aromatic nitrogens is 2. The van der Waals surface area contributed by atoms with E-state index in [1.807, 2.05) is 0 Å². The maximum atomic E-state index is 13.3. The lowest BCUT2D eigenvalue weighted by molar-refractivity contribution is 0.220. The van der Waals surface area contributed by atoms with E-state index in [1.54, 1.807) is 18.2 Å². The zero-order valence-corrected chi connectivity index (χ0v) is 13.0. The summed E-state index contributed by atoms with van der Waals surface area (Å²) in [6.45, 7) is 0. The van der Waals surface area contributed by atoms with Crippen LogP contribution in [0, 0.1) is 11.6 Å². The monoisotopic (exact) mass is 354 g/mol. The van der Waals surface area contributed by atoms with Gasteiger partial charge < -0.3 is 5.11 Å². The van der Waals surface area contributed by atoms with Gasteiger partial charge in [0.1, 0.15) is 17.7 Å². The van der Waals surface area contributed by atoms with Gasteiger partial charge in [0.2, 0.25) is 0 Å². The van der Waals surface area contributed by atoms with Crippen molar-refractivity contribution in [2.24, 2.45) is 0 Å². The van der Waals surface area contributed by atoms with E-state index in [9.17, 15) is 13.9 Å². The van der Waals surface area contributed by atoms with Crippen LogP contribution in [0.5, 0.6) is 0 Å². The minimum Gasteiger partial charge on any atom is -0.384 e. The van der Waals surface area contributed by atoms with Gasteiger partial charge in [0.05, 0.1) is 5.69 Å². The summed E-state index contributed by atoms with van der Waals surface area (Å²) in [5.41, 5.74) is 1.41. The van der Waals surface area contributed by atoms with E-state index in [0.29, 0.717) is 26.9 Å². The van der Waals surface area contributed by atoms with Crippen molar-refractivity contribution in [1.29, 1.82) is 0 Å². The van der Waals surface area contributed by atoms with Crippen molar-refractivity contribution < 1.29 is 13.9 Å². The number of nitrogens with zero attached hydrogens (tertiary/aromatic N) is 1. The third-order valence-corrected chi connectivity index (χ3v) is 3.74. The fourth-order valence-electron chi connectivity index (χ4n) is 2.34. The van der Waals surface area contributed by atoms with Gasteiger partial charge in [-0.05, 0) is 35.9 Å². The zero-order chi connectivity index (χ0) is 16.6. The standard InChI is InChI=1S/C16H10Cl2F2N2O/c17-10-1-8(2-11(18)5-10)15-14(7-21-22-15)16(23)9-3-12(19)6-13(20)4-9/h1-7,16,23H,(H,21,22). The Bertz CT molecular complexity index is 827. The molecule has 1 aromatic heterocycles. The Morgan fingerprint density at radius 1 is 0.957 bits per heavy atom. The summed E-state index contributed by atoms with van der Waals surface area (Å²) in [5.74, 6) is -1.54. The average Bonchev–Trinajstić information content (AvgIpc) is 2.93. The maximum Gasteiger partial charge on any atom is 0.126 e. The van der Waals surface area contributed by atoms with Crippen LogP contribution in [0.15, 0.2) is 42.6 Å². The molecule has 2 N–H and O–H groups in total. The van der Waals surface area contributed by atoms with E-state index in [4.69, 9.17) is 23.2 Å². The topological polar surface area (TPSA) is 48.9 Å². The quantitative estimate of drug-likeness (QED) is 0.713. The second-order valence-electron chi connectivity index (χ2n) is 4.95. The van der Waals surface area contributed by atoms with Crippen molar-refractivity contribution in [3.63, 3.8) is 0 Å². The maximum absolute atomic E-state index is 13.3. The molecule has 2 aromatic carbocycles. The van der Waals surface area contributed by atoms with Crippen molar-refractivity contribution in [2.45, 2.75) is 6.10 Å². The summed E-state index contributed by atoms with van der Waals surface area (Å²) in [6.07, 6.45) is 0.198. The predicted molar refractivity (Wildman–Crippen MR) is 84.5 cm³/mol. The van der Waals surface area contributed by atoms with E-state index in [2.05, 4.69) is 10.2 Å². The molecular weight excluding hydrogens is 345 g/mol. The Balaban J connectivity index is 2.06. The van der Waals surface area contributed by atoms with Gasteiger partial charge in [0, 0.05) is 33.4 Å². The normalized spacial score (nSPS) is 12.4. The Kier molecular flexibility index (Phi) is 4.35. The Labute approximate surface area is 140 Å². The molecule has 118 valence electrons. The summed E-state index contributed by atoms with van der Waals surface area (Å²) < 4.78 is 26.7. The molecule has 1 atom stereocenters. The largest absolute Gasteiger partial charge is 0.384 e. The summed E-state index contributed by atoms with van der Waals surface area (Å²) in [7, 11) is 0. The smallest absolute Gasteiger partial charge is 0.126 e. The van der Waals surface area contributed by atoms with Crippen LogP contribution < -0.4 is 0 Å². The van der Waals surface area contributed by atoms with Crippen LogP contribution in [0.3, 0.4) is 0 Å². The minimum atomic E-state index is -1.26. The van der Waals surface area contributed by atoms with E-state index < -0.39 is 17.7 Å². The highest BCUT2D eigenvalue weighted by Gasteiger charge is 2.20. The highest BCUT2D eigenvalue weighted by molar-refractivity contribution is 6.35. The van der Waals surface area contributed by atoms with Crippen molar-refractivity contribution in [1.82, 2.24) is 10.2 Å². The van der Waals surface area contributed by atoms with Crippen LogP contribution >= 0.6 is 23.2 Å². The molecular formula is C16H10Cl2F2N2O. The molecule has 3 aromatic rings. The number of nitrogens with one attached hydrogen (secondary N) is 1. The molecule has 0 bridgehead atoms. The molecule has 23 heavy (non-hydrogen) atoms. The van der Waals surface area contributed by atoms with Crippen molar-refractivity contribution in [2.75, 3.05) is 0 Å². The molecule has 0 saturated carbocycles. The number of hydrogen-bond donors (Lipinski definition) is 2. The number of aliphatic hydroxyl groups is 1. The van der Waals surface area contributed by atoms with Crippen LogP contribution in [0.2, 0.25) is 10.0 Å². The van der Waals surface area contributed by atoms with Gasteiger partial charge in [-0.1, -0.05) is 23.2 Å². The number of aliphatic hydroxyl groups excluding tert-OH is 1. The average molecular weight is 355 g/mol. The van der Waals surface area contributed by atoms with Crippen LogP contribution in [0.1, 0.15) is 17.2 Å².